The van der Waals surface area contributed by atoms with Gasteiger partial charge in [-0.1, -0.05) is 30.3 Å². The third kappa shape index (κ3) is 4.82. The van der Waals surface area contributed by atoms with Crippen molar-refractivity contribution >= 4 is 21.6 Å². The molecular weight excluding hydrogens is 492 g/mol. The molecule has 3 aromatic carbocycles. The minimum absolute atomic E-state index is 0. The number of rotatable bonds is 8. The van der Waals surface area contributed by atoms with Crippen LogP contribution < -0.4 is 19.5 Å². The first-order valence-electron chi connectivity index (χ1n) is 12.5. The van der Waals surface area contributed by atoms with Gasteiger partial charge >= 0.3 is 0 Å². The van der Waals surface area contributed by atoms with Crippen LogP contribution in [0.4, 0.5) is 5.69 Å². The molecule has 3 aromatic rings. The number of ether oxygens (including phenoxy) is 3. The maximum atomic E-state index is 13.3. The van der Waals surface area contributed by atoms with Gasteiger partial charge in [0.2, 0.25) is 22.7 Å². The Bertz CT molecular complexity index is 1430. The summed E-state index contributed by atoms with van der Waals surface area (Å²) in [6.07, 6.45) is 3.31. The molecule has 9 heteroatoms. The van der Waals surface area contributed by atoms with E-state index in [2.05, 4.69) is 10.0 Å². The van der Waals surface area contributed by atoms with Crippen molar-refractivity contribution < 1.29 is 28.8 Å². The smallest absolute Gasteiger partial charge is 0.240 e. The van der Waals surface area contributed by atoms with E-state index in [0.29, 0.717) is 23.8 Å². The lowest BCUT2D eigenvalue weighted by Gasteiger charge is -2.17. The molecule has 2 fully saturated rings. The molecule has 2 heterocycles. The Morgan fingerprint density at radius 1 is 0.973 bits per heavy atom. The number of hydrogen-bond acceptors (Lipinski definition) is 6. The fourth-order valence-corrected chi connectivity index (χ4v) is 5.98. The average Bonchev–Trinajstić information content (AvgIpc) is 3.31. The number of fused-ring (bicyclic) bond motifs is 1. The van der Waals surface area contributed by atoms with E-state index in [-0.39, 0.29) is 31.7 Å². The summed E-state index contributed by atoms with van der Waals surface area (Å²) in [7, 11) is -3.61. The van der Waals surface area contributed by atoms with Crippen LogP contribution in [0.15, 0.2) is 71.6 Å². The lowest BCUT2D eigenvalue weighted by Crippen LogP contribution is -2.31. The molecule has 1 amide bonds. The molecule has 0 radical (unpaired) electrons. The highest BCUT2D eigenvalue weighted by molar-refractivity contribution is 7.89. The second-order valence-corrected chi connectivity index (χ2v) is 11.5. The van der Waals surface area contributed by atoms with Gasteiger partial charge in [-0.05, 0) is 78.8 Å². The SMILES string of the molecule is O=C(Nc1cccc(-c2ccc(S(=O)(=O)NC[C@@H]3CCCO3)cc2)c1)C1(c2ccc3c(c2)OCO3)CC1.[HH]. The predicted octanol–water partition coefficient (Wildman–Crippen LogP) is 4.46. The Morgan fingerprint density at radius 3 is 2.54 bits per heavy atom. The maximum Gasteiger partial charge on any atom is 0.240 e. The number of nitrogens with one attached hydrogen (secondary N) is 2. The van der Waals surface area contributed by atoms with E-state index in [0.717, 1.165) is 42.4 Å². The van der Waals surface area contributed by atoms with E-state index in [1.54, 1.807) is 24.3 Å². The van der Waals surface area contributed by atoms with Crippen LogP contribution in [-0.2, 0) is 25.0 Å². The minimum Gasteiger partial charge on any atom is -0.454 e. The van der Waals surface area contributed by atoms with E-state index in [9.17, 15) is 13.2 Å². The summed E-state index contributed by atoms with van der Waals surface area (Å²) in [5.41, 5.74) is 2.77. The van der Waals surface area contributed by atoms with Crippen molar-refractivity contribution in [3.05, 3.63) is 72.3 Å². The van der Waals surface area contributed by atoms with Crippen molar-refractivity contribution in [3.8, 4) is 22.6 Å². The molecule has 1 atom stereocenters. The average molecular weight is 523 g/mol. The molecule has 1 aliphatic carbocycles. The Kier molecular flexibility index (Phi) is 6.14. The highest BCUT2D eigenvalue weighted by atomic mass is 32.2. The van der Waals surface area contributed by atoms with Gasteiger partial charge in [0.15, 0.2) is 11.5 Å². The number of hydrogen-bond donors (Lipinski definition) is 2. The van der Waals surface area contributed by atoms with Crippen molar-refractivity contribution in [2.75, 3.05) is 25.3 Å². The molecule has 2 aliphatic heterocycles. The van der Waals surface area contributed by atoms with Gasteiger partial charge in [0.1, 0.15) is 0 Å². The zero-order chi connectivity index (χ0) is 25.5. The molecule has 194 valence electrons. The third-order valence-electron chi connectivity index (χ3n) is 7.25. The Hall–Kier alpha value is -3.40. The van der Waals surface area contributed by atoms with Gasteiger partial charge in [0.05, 0.1) is 16.4 Å². The van der Waals surface area contributed by atoms with Gasteiger partial charge in [0, 0.05) is 20.3 Å². The zero-order valence-corrected chi connectivity index (χ0v) is 21.1. The van der Waals surface area contributed by atoms with Crippen LogP contribution in [0.3, 0.4) is 0 Å². The molecule has 1 saturated carbocycles. The Balaban J connectivity index is 0.00000294. The Labute approximate surface area is 217 Å². The van der Waals surface area contributed by atoms with Crippen LogP contribution in [0, 0.1) is 0 Å². The molecule has 2 N–H and O–H groups in total. The van der Waals surface area contributed by atoms with Crippen molar-refractivity contribution in [3.63, 3.8) is 0 Å². The first-order valence-corrected chi connectivity index (χ1v) is 13.9. The largest absolute Gasteiger partial charge is 0.454 e. The minimum atomic E-state index is -3.61. The highest BCUT2D eigenvalue weighted by Crippen LogP contribution is 2.51. The lowest BCUT2D eigenvalue weighted by atomic mass is 9.94. The van der Waals surface area contributed by atoms with Gasteiger partial charge in [-0.2, -0.15) is 0 Å². The summed E-state index contributed by atoms with van der Waals surface area (Å²) in [4.78, 5) is 13.5. The summed E-state index contributed by atoms with van der Waals surface area (Å²) in [6, 6.07) is 20.0. The summed E-state index contributed by atoms with van der Waals surface area (Å²) >= 11 is 0. The van der Waals surface area contributed by atoms with Crippen molar-refractivity contribution in [2.24, 2.45) is 0 Å². The molecule has 8 nitrogen and oxygen atoms in total. The van der Waals surface area contributed by atoms with Crippen LogP contribution in [0.1, 0.15) is 32.7 Å². The zero-order valence-electron chi connectivity index (χ0n) is 20.2. The molecule has 0 unspecified atom stereocenters. The predicted molar refractivity (Wildman–Crippen MR) is 140 cm³/mol. The number of carbonyl (C=O) groups excluding carboxylic acids is 1. The second-order valence-electron chi connectivity index (χ2n) is 9.70. The first-order chi connectivity index (χ1) is 17.9. The number of benzene rings is 3. The van der Waals surface area contributed by atoms with Crippen LogP contribution in [0.5, 0.6) is 11.5 Å². The van der Waals surface area contributed by atoms with E-state index in [1.165, 1.54) is 0 Å². The van der Waals surface area contributed by atoms with E-state index in [1.807, 2.05) is 42.5 Å². The fourth-order valence-electron chi connectivity index (χ4n) is 4.91. The molecule has 6 rings (SSSR count). The summed E-state index contributed by atoms with van der Waals surface area (Å²) in [6.45, 7) is 1.16. The normalized spacial score (nSPS) is 19.5. The van der Waals surface area contributed by atoms with Crippen LogP contribution in [0.2, 0.25) is 0 Å². The third-order valence-corrected chi connectivity index (χ3v) is 8.69. The van der Waals surface area contributed by atoms with Crippen LogP contribution in [0.25, 0.3) is 11.1 Å². The number of amides is 1. The summed E-state index contributed by atoms with van der Waals surface area (Å²) in [5.74, 6) is 1.32. The second kappa shape index (κ2) is 9.48. The summed E-state index contributed by atoms with van der Waals surface area (Å²) < 4.78 is 44.3. The molecule has 0 aromatic heterocycles. The topological polar surface area (TPSA) is 103 Å². The first kappa shape index (κ1) is 24.0. The Morgan fingerprint density at radius 2 is 1.78 bits per heavy atom. The van der Waals surface area contributed by atoms with Gasteiger partial charge in [0.25, 0.3) is 0 Å². The van der Waals surface area contributed by atoms with Crippen LogP contribution in [-0.4, -0.2) is 40.4 Å². The molecule has 3 aliphatic rings. The standard InChI is InChI=1S/C28H28N2O6S.H2/c31-27(28(12-13-28)21-8-11-25-26(16-21)36-18-35-25)30-22-4-1-3-20(15-22)19-6-9-24(10-7-19)37(32,33)29-17-23-5-2-14-34-23;/h1,3-4,6-11,15-16,23,29H,2,5,12-14,17-18H2,(H,30,31);1H/t23-;/m0./s1. The van der Waals surface area contributed by atoms with E-state index < -0.39 is 15.4 Å². The van der Waals surface area contributed by atoms with Crippen LogP contribution >= 0.6 is 0 Å². The summed E-state index contributed by atoms with van der Waals surface area (Å²) in [5, 5.41) is 3.07. The van der Waals surface area contributed by atoms with Crippen molar-refractivity contribution in [1.29, 1.82) is 0 Å². The van der Waals surface area contributed by atoms with E-state index >= 15 is 0 Å². The molecule has 37 heavy (non-hydrogen) atoms. The number of carbonyl (C=O) groups is 1. The molecule has 0 bridgehead atoms. The highest BCUT2D eigenvalue weighted by Gasteiger charge is 2.51. The van der Waals surface area contributed by atoms with E-state index in [4.69, 9.17) is 14.2 Å². The van der Waals surface area contributed by atoms with Gasteiger partial charge in [-0.15, -0.1) is 0 Å². The lowest BCUT2D eigenvalue weighted by molar-refractivity contribution is -0.118. The quantitative estimate of drug-likeness (QED) is 0.453. The van der Waals surface area contributed by atoms with Gasteiger partial charge in [-0.3, -0.25) is 4.79 Å². The number of sulfonamides is 1. The fraction of sp³-hybridized carbons (Fsp3) is 0.321. The molecule has 0 spiro atoms. The maximum absolute atomic E-state index is 13.3. The van der Waals surface area contributed by atoms with Crippen molar-refractivity contribution in [1.82, 2.24) is 4.72 Å². The molecule has 1 saturated heterocycles. The van der Waals surface area contributed by atoms with Crippen molar-refractivity contribution in [2.45, 2.75) is 42.1 Å². The van der Waals surface area contributed by atoms with Gasteiger partial charge < -0.3 is 19.5 Å². The monoisotopic (exact) mass is 522 g/mol. The van der Waals surface area contributed by atoms with Gasteiger partial charge in [-0.25, -0.2) is 13.1 Å². The molecular formula is C28H30N2O6S. The number of anilines is 1.